The van der Waals surface area contributed by atoms with Gasteiger partial charge in [-0.05, 0) is 34.8 Å². The van der Waals surface area contributed by atoms with E-state index in [1.807, 2.05) is 6.92 Å². The summed E-state index contributed by atoms with van der Waals surface area (Å²) < 4.78 is 41.0. The zero-order valence-electron chi connectivity index (χ0n) is 14.0. The highest BCUT2D eigenvalue weighted by molar-refractivity contribution is 5.26. The second-order valence-corrected chi connectivity index (χ2v) is 7.40. The molecule has 0 fully saturated rings. The first kappa shape index (κ1) is 18.1. The van der Waals surface area contributed by atoms with Gasteiger partial charge >= 0.3 is 0 Å². The Labute approximate surface area is 126 Å². The average Bonchev–Trinajstić information content (AvgIpc) is 2.40. The molecule has 1 aromatic rings. The van der Waals surface area contributed by atoms with Crippen molar-refractivity contribution in [2.45, 2.75) is 66.7 Å². The van der Waals surface area contributed by atoms with Gasteiger partial charge in [0.05, 0.1) is 0 Å². The van der Waals surface area contributed by atoms with E-state index in [2.05, 4.69) is 34.6 Å². The highest BCUT2D eigenvalue weighted by Crippen LogP contribution is 2.47. The van der Waals surface area contributed by atoms with E-state index >= 15 is 0 Å². The second kappa shape index (κ2) is 6.41. The van der Waals surface area contributed by atoms with Crippen LogP contribution in [0.25, 0.3) is 0 Å². The van der Waals surface area contributed by atoms with Crippen LogP contribution in [0.4, 0.5) is 13.2 Å². The van der Waals surface area contributed by atoms with E-state index in [9.17, 15) is 13.2 Å². The lowest BCUT2D eigenvalue weighted by molar-refractivity contribution is 0.184. The van der Waals surface area contributed by atoms with Crippen LogP contribution < -0.4 is 0 Å². The van der Waals surface area contributed by atoms with Crippen molar-refractivity contribution in [3.05, 3.63) is 35.1 Å². The molecule has 0 aliphatic rings. The Balaban J connectivity index is 3.34. The SMILES string of the molecule is CCC(C)(C)CC(c1cc(F)c(F)cc1F)C(C)(C)CC. The standard InChI is InChI=1S/C18H27F3/c1-7-17(3,4)11-13(18(5,6)8-2)12-9-15(20)16(21)10-14(12)19/h9-10,13H,7-8,11H2,1-6H3. The van der Waals surface area contributed by atoms with Crippen LogP contribution in [0.1, 0.15) is 72.3 Å². The minimum absolute atomic E-state index is 0.0222. The maximum absolute atomic E-state index is 14.2. The number of rotatable bonds is 6. The minimum Gasteiger partial charge on any atom is -0.207 e. The molecule has 3 heteroatoms. The number of halogens is 3. The van der Waals surface area contributed by atoms with Crippen molar-refractivity contribution in [3.63, 3.8) is 0 Å². The molecule has 0 bridgehead atoms. The summed E-state index contributed by atoms with van der Waals surface area (Å²) >= 11 is 0. The molecule has 0 radical (unpaired) electrons. The van der Waals surface area contributed by atoms with Gasteiger partial charge in [0, 0.05) is 6.07 Å². The molecular weight excluding hydrogens is 273 g/mol. The van der Waals surface area contributed by atoms with Gasteiger partial charge in [0.1, 0.15) is 5.82 Å². The van der Waals surface area contributed by atoms with Gasteiger partial charge in [0.15, 0.2) is 11.6 Å². The Morgan fingerprint density at radius 2 is 1.38 bits per heavy atom. The number of hydrogen-bond acceptors (Lipinski definition) is 0. The van der Waals surface area contributed by atoms with Crippen LogP contribution in [0.2, 0.25) is 0 Å². The molecule has 1 aromatic carbocycles. The molecule has 0 heterocycles. The lowest BCUT2D eigenvalue weighted by atomic mass is 9.66. The van der Waals surface area contributed by atoms with Gasteiger partial charge in [0.2, 0.25) is 0 Å². The van der Waals surface area contributed by atoms with Crippen LogP contribution in [0, 0.1) is 28.3 Å². The van der Waals surface area contributed by atoms with Crippen molar-refractivity contribution in [2.75, 3.05) is 0 Å². The molecule has 21 heavy (non-hydrogen) atoms. The van der Waals surface area contributed by atoms with Gasteiger partial charge in [0.25, 0.3) is 0 Å². The Hall–Kier alpha value is -0.990. The topological polar surface area (TPSA) is 0 Å². The predicted molar refractivity (Wildman–Crippen MR) is 81.8 cm³/mol. The molecule has 0 saturated carbocycles. The van der Waals surface area contributed by atoms with Crippen LogP contribution in [-0.2, 0) is 0 Å². The van der Waals surface area contributed by atoms with Gasteiger partial charge < -0.3 is 0 Å². The molecule has 0 nitrogen and oxygen atoms in total. The highest BCUT2D eigenvalue weighted by atomic mass is 19.2. The van der Waals surface area contributed by atoms with Crippen molar-refractivity contribution in [3.8, 4) is 0 Å². The van der Waals surface area contributed by atoms with E-state index in [1.54, 1.807) is 0 Å². The maximum atomic E-state index is 14.2. The molecule has 0 aliphatic carbocycles. The first-order valence-electron chi connectivity index (χ1n) is 7.68. The maximum Gasteiger partial charge on any atom is 0.161 e. The first-order valence-corrected chi connectivity index (χ1v) is 7.68. The van der Waals surface area contributed by atoms with E-state index in [1.165, 1.54) is 0 Å². The quantitative estimate of drug-likeness (QED) is 0.529. The molecular formula is C18H27F3. The summed E-state index contributed by atoms with van der Waals surface area (Å²) in [6.07, 6.45) is 2.54. The fraction of sp³-hybridized carbons (Fsp3) is 0.667. The molecule has 0 spiro atoms. The van der Waals surface area contributed by atoms with Gasteiger partial charge in [-0.15, -0.1) is 0 Å². The summed E-state index contributed by atoms with van der Waals surface area (Å²) in [5, 5.41) is 0. The Kier molecular flexibility index (Phi) is 5.51. The molecule has 0 aromatic heterocycles. The monoisotopic (exact) mass is 300 g/mol. The van der Waals surface area contributed by atoms with Crippen molar-refractivity contribution in [1.29, 1.82) is 0 Å². The Bertz CT molecular complexity index is 489. The number of hydrogen-bond donors (Lipinski definition) is 0. The average molecular weight is 300 g/mol. The summed E-state index contributed by atoms with van der Waals surface area (Å²) in [6, 6.07) is 1.71. The van der Waals surface area contributed by atoms with Crippen molar-refractivity contribution in [2.24, 2.45) is 10.8 Å². The Morgan fingerprint density at radius 1 is 0.857 bits per heavy atom. The van der Waals surface area contributed by atoms with Gasteiger partial charge in [-0.2, -0.15) is 0 Å². The third kappa shape index (κ3) is 4.24. The smallest absolute Gasteiger partial charge is 0.161 e. The molecule has 0 aliphatic heterocycles. The summed E-state index contributed by atoms with van der Waals surface area (Å²) in [7, 11) is 0. The third-order valence-electron chi connectivity index (χ3n) is 4.98. The molecule has 1 rings (SSSR count). The van der Waals surface area contributed by atoms with E-state index < -0.39 is 17.5 Å². The van der Waals surface area contributed by atoms with E-state index in [0.717, 1.165) is 25.3 Å². The second-order valence-electron chi connectivity index (χ2n) is 7.40. The lowest BCUT2D eigenvalue weighted by Crippen LogP contribution is -2.28. The van der Waals surface area contributed by atoms with Gasteiger partial charge in [-0.1, -0.05) is 54.4 Å². The minimum atomic E-state index is -1.13. The van der Waals surface area contributed by atoms with Gasteiger partial charge in [-0.3, -0.25) is 0 Å². The lowest BCUT2D eigenvalue weighted by Gasteiger charge is -2.39. The van der Waals surface area contributed by atoms with Crippen molar-refractivity contribution >= 4 is 0 Å². The summed E-state index contributed by atoms with van der Waals surface area (Å²) in [5.41, 5.74) is 0.133. The fourth-order valence-corrected chi connectivity index (χ4v) is 2.56. The molecule has 0 saturated heterocycles. The van der Waals surface area contributed by atoms with Crippen LogP contribution in [0.5, 0.6) is 0 Å². The fourth-order valence-electron chi connectivity index (χ4n) is 2.56. The molecule has 1 unspecified atom stereocenters. The summed E-state index contributed by atoms with van der Waals surface area (Å²) in [5.74, 6) is -2.89. The zero-order chi connectivity index (χ0) is 16.4. The summed E-state index contributed by atoms with van der Waals surface area (Å²) in [6.45, 7) is 12.5. The van der Waals surface area contributed by atoms with Crippen LogP contribution in [0.15, 0.2) is 12.1 Å². The third-order valence-corrected chi connectivity index (χ3v) is 4.98. The highest BCUT2D eigenvalue weighted by Gasteiger charge is 2.35. The summed E-state index contributed by atoms with van der Waals surface area (Å²) in [4.78, 5) is 0. The molecule has 0 amide bonds. The van der Waals surface area contributed by atoms with Gasteiger partial charge in [-0.25, -0.2) is 13.2 Å². The molecule has 1 atom stereocenters. The molecule has 0 N–H and O–H groups in total. The zero-order valence-corrected chi connectivity index (χ0v) is 14.0. The van der Waals surface area contributed by atoms with Crippen LogP contribution >= 0.6 is 0 Å². The first-order chi connectivity index (χ1) is 9.54. The van der Waals surface area contributed by atoms with Crippen LogP contribution in [0.3, 0.4) is 0 Å². The predicted octanol–water partition coefficient (Wildman–Crippen LogP) is 6.45. The normalized spacial score (nSPS) is 14.3. The van der Waals surface area contributed by atoms with Crippen molar-refractivity contribution < 1.29 is 13.2 Å². The largest absolute Gasteiger partial charge is 0.207 e. The van der Waals surface area contributed by atoms with E-state index in [4.69, 9.17) is 0 Å². The Morgan fingerprint density at radius 3 is 1.86 bits per heavy atom. The number of benzene rings is 1. The van der Waals surface area contributed by atoms with E-state index in [0.29, 0.717) is 11.6 Å². The molecule has 120 valence electrons. The van der Waals surface area contributed by atoms with E-state index in [-0.39, 0.29) is 16.7 Å². The van der Waals surface area contributed by atoms with Crippen molar-refractivity contribution in [1.82, 2.24) is 0 Å². The van der Waals surface area contributed by atoms with Crippen LogP contribution in [-0.4, -0.2) is 0 Å².